The quantitative estimate of drug-likeness (QED) is 0.469. The molecule has 0 aliphatic carbocycles. The molecule has 0 aliphatic rings. The van der Waals surface area contributed by atoms with Crippen molar-refractivity contribution in [2.45, 2.75) is 0 Å². The third-order valence-corrected chi connectivity index (χ3v) is 1.35. The molecule has 0 bridgehead atoms. The molecule has 5 heteroatoms. The molecule has 0 unspecified atom stereocenters. The van der Waals surface area contributed by atoms with E-state index in [0.29, 0.717) is 5.13 Å². The summed E-state index contributed by atoms with van der Waals surface area (Å²) in [5.74, 6) is 0. The van der Waals surface area contributed by atoms with E-state index >= 15 is 0 Å². The van der Waals surface area contributed by atoms with Crippen LogP contribution in [0.25, 0.3) is 0 Å². The summed E-state index contributed by atoms with van der Waals surface area (Å²) in [7, 11) is 3.81. The predicted octanol–water partition coefficient (Wildman–Crippen LogP) is 0.759. The predicted molar refractivity (Wildman–Crippen MR) is 41.7 cm³/mol. The lowest BCUT2D eigenvalue weighted by Crippen LogP contribution is -2.06. The molecule has 0 saturated carbocycles. The highest BCUT2D eigenvalue weighted by Crippen LogP contribution is 2.10. The Morgan fingerprint density at radius 2 is 2.50 bits per heavy atom. The Bertz CT molecular complexity index is 203. The van der Waals surface area contributed by atoms with Gasteiger partial charge in [0.05, 0.1) is 6.34 Å². The van der Waals surface area contributed by atoms with Crippen LogP contribution in [0.4, 0.5) is 5.13 Å². The molecule has 0 radical (unpaired) electrons. The minimum absolute atomic E-state index is 0.689. The van der Waals surface area contributed by atoms with Crippen LogP contribution in [-0.2, 0) is 0 Å². The zero-order valence-electron chi connectivity index (χ0n) is 5.85. The molecular weight excluding hydrogens is 148 g/mol. The van der Waals surface area contributed by atoms with Crippen LogP contribution >= 0.6 is 11.3 Å². The van der Waals surface area contributed by atoms with Gasteiger partial charge in [0.25, 0.3) is 0 Å². The highest BCUT2D eigenvalue weighted by molar-refractivity contribution is 7.13. The summed E-state index contributed by atoms with van der Waals surface area (Å²) in [6.45, 7) is 0. The fourth-order valence-corrected chi connectivity index (χ4v) is 0.779. The first kappa shape index (κ1) is 7.14. The van der Waals surface area contributed by atoms with Crippen LogP contribution in [0.1, 0.15) is 0 Å². The van der Waals surface area contributed by atoms with Crippen molar-refractivity contribution >= 4 is 22.8 Å². The lowest BCUT2D eigenvalue weighted by atomic mass is 10.9. The van der Waals surface area contributed by atoms with Crippen molar-refractivity contribution in [1.82, 2.24) is 15.1 Å². The topological polar surface area (TPSA) is 41.4 Å². The summed E-state index contributed by atoms with van der Waals surface area (Å²) in [5.41, 5.74) is 1.66. The molecule has 1 rings (SSSR count). The van der Waals surface area contributed by atoms with E-state index in [2.05, 4.69) is 15.2 Å². The standard InChI is InChI=1S/C5H8N4S/c1-9(2)3-6-5-8-7-4-10-5/h3-4H,1-2H3. The molecule has 54 valence electrons. The highest BCUT2D eigenvalue weighted by Gasteiger charge is 1.88. The molecule has 0 amide bonds. The van der Waals surface area contributed by atoms with Crippen molar-refractivity contribution in [1.29, 1.82) is 0 Å². The number of aliphatic imine (C=N–C) groups is 1. The molecule has 0 fully saturated rings. The minimum atomic E-state index is 0.689. The van der Waals surface area contributed by atoms with Crippen molar-refractivity contribution in [2.24, 2.45) is 4.99 Å². The Morgan fingerprint density at radius 3 is 3.00 bits per heavy atom. The zero-order valence-corrected chi connectivity index (χ0v) is 6.67. The summed E-state index contributed by atoms with van der Waals surface area (Å²) in [6.07, 6.45) is 1.69. The number of hydrogen-bond acceptors (Lipinski definition) is 4. The maximum absolute atomic E-state index is 4.01. The number of rotatable bonds is 2. The van der Waals surface area contributed by atoms with Gasteiger partial charge in [0.1, 0.15) is 5.51 Å². The van der Waals surface area contributed by atoms with E-state index in [-0.39, 0.29) is 0 Å². The smallest absolute Gasteiger partial charge is 0.232 e. The zero-order chi connectivity index (χ0) is 7.40. The SMILES string of the molecule is CN(C)C=Nc1nncs1. The average molecular weight is 156 g/mol. The van der Waals surface area contributed by atoms with Gasteiger partial charge in [-0.3, -0.25) is 0 Å². The van der Waals surface area contributed by atoms with E-state index in [9.17, 15) is 0 Å². The summed E-state index contributed by atoms with van der Waals surface area (Å²) in [5, 5.41) is 8.06. The Labute approximate surface area is 63.2 Å². The van der Waals surface area contributed by atoms with E-state index in [0.717, 1.165) is 0 Å². The Morgan fingerprint density at radius 1 is 1.70 bits per heavy atom. The molecule has 1 heterocycles. The molecule has 10 heavy (non-hydrogen) atoms. The Balaban J connectivity index is 2.55. The summed E-state index contributed by atoms with van der Waals surface area (Å²) in [4.78, 5) is 5.86. The van der Waals surface area contributed by atoms with Gasteiger partial charge in [0, 0.05) is 14.1 Å². The van der Waals surface area contributed by atoms with Crippen LogP contribution in [-0.4, -0.2) is 35.5 Å². The van der Waals surface area contributed by atoms with Crippen LogP contribution < -0.4 is 0 Å². The maximum atomic E-state index is 4.01. The first-order valence-corrected chi connectivity index (χ1v) is 3.64. The minimum Gasteiger partial charge on any atom is -0.369 e. The van der Waals surface area contributed by atoms with Gasteiger partial charge in [-0.15, -0.1) is 10.2 Å². The van der Waals surface area contributed by atoms with Gasteiger partial charge < -0.3 is 4.90 Å². The molecule has 1 aromatic heterocycles. The average Bonchev–Trinajstić information content (AvgIpc) is 2.34. The number of nitrogens with zero attached hydrogens (tertiary/aromatic N) is 4. The Hall–Kier alpha value is -0.970. The maximum Gasteiger partial charge on any atom is 0.232 e. The molecule has 0 atom stereocenters. The largest absolute Gasteiger partial charge is 0.369 e. The highest BCUT2D eigenvalue weighted by atomic mass is 32.1. The van der Waals surface area contributed by atoms with Gasteiger partial charge in [0.15, 0.2) is 0 Å². The van der Waals surface area contributed by atoms with Crippen molar-refractivity contribution in [3.63, 3.8) is 0 Å². The second-order valence-corrected chi connectivity index (χ2v) is 2.74. The second-order valence-electron chi connectivity index (χ2n) is 1.93. The normalized spacial score (nSPS) is 10.6. The van der Waals surface area contributed by atoms with Crippen LogP contribution in [0.5, 0.6) is 0 Å². The van der Waals surface area contributed by atoms with Gasteiger partial charge in [-0.25, -0.2) is 4.99 Å². The third-order valence-electron chi connectivity index (χ3n) is 0.748. The van der Waals surface area contributed by atoms with E-state index in [4.69, 9.17) is 0 Å². The van der Waals surface area contributed by atoms with E-state index < -0.39 is 0 Å². The Kier molecular flexibility index (Phi) is 2.33. The van der Waals surface area contributed by atoms with Crippen molar-refractivity contribution < 1.29 is 0 Å². The number of hydrogen-bond donors (Lipinski definition) is 0. The monoisotopic (exact) mass is 156 g/mol. The summed E-state index contributed by atoms with van der Waals surface area (Å²) >= 11 is 1.42. The summed E-state index contributed by atoms with van der Waals surface area (Å²) < 4.78 is 0. The van der Waals surface area contributed by atoms with Crippen molar-refractivity contribution in [2.75, 3.05) is 14.1 Å². The van der Waals surface area contributed by atoms with Crippen LogP contribution in [0, 0.1) is 0 Å². The molecule has 0 saturated heterocycles. The summed E-state index contributed by atoms with van der Waals surface area (Å²) in [6, 6.07) is 0. The van der Waals surface area contributed by atoms with Gasteiger partial charge in [-0.05, 0) is 0 Å². The van der Waals surface area contributed by atoms with Crippen molar-refractivity contribution in [3.8, 4) is 0 Å². The van der Waals surface area contributed by atoms with E-state index in [1.165, 1.54) is 11.3 Å². The van der Waals surface area contributed by atoms with Crippen LogP contribution in [0.15, 0.2) is 10.5 Å². The fourth-order valence-electron chi connectivity index (χ4n) is 0.388. The molecule has 1 aromatic rings. The molecule has 4 nitrogen and oxygen atoms in total. The third kappa shape index (κ3) is 2.10. The van der Waals surface area contributed by atoms with Crippen molar-refractivity contribution in [3.05, 3.63) is 5.51 Å². The molecule has 0 spiro atoms. The molecule has 0 N–H and O–H groups in total. The lowest BCUT2D eigenvalue weighted by molar-refractivity contribution is 0.643. The first-order chi connectivity index (χ1) is 4.79. The molecule has 0 aliphatic heterocycles. The molecule has 0 aromatic carbocycles. The van der Waals surface area contributed by atoms with Gasteiger partial charge in [0.2, 0.25) is 5.13 Å². The molecular formula is C5H8N4S. The fraction of sp³-hybridized carbons (Fsp3) is 0.400. The van der Waals surface area contributed by atoms with Gasteiger partial charge in [-0.1, -0.05) is 11.3 Å². The van der Waals surface area contributed by atoms with E-state index in [1.807, 2.05) is 19.0 Å². The van der Waals surface area contributed by atoms with Gasteiger partial charge >= 0.3 is 0 Å². The van der Waals surface area contributed by atoms with Crippen LogP contribution in [0.3, 0.4) is 0 Å². The second kappa shape index (κ2) is 3.26. The van der Waals surface area contributed by atoms with Gasteiger partial charge in [-0.2, -0.15) is 0 Å². The number of aromatic nitrogens is 2. The van der Waals surface area contributed by atoms with E-state index in [1.54, 1.807) is 11.8 Å². The van der Waals surface area contributed by atoms with Crippen LogP contribution in [0.2, 0.25) is 0 Å². The first-order valence-electron chi connectivity index (χ1n) is 2.76. The lowest BCUT2D eigenvalue weighted by Gasteiger charge is -1.99.